The van der Waals surface area contributed by atoms with Gasteiger partial charge in [0.15, 0.2) is 5.82 Å². The highest BCUT2D eigenvalue weighted by molar-refractivity contribution is 8.00. The maximum Gasteiger partial charge on any atom is 0.319 e. The Labute approximate surface area is 174 Å². The van der Waals surface area contributed by atoms with Crippen LogP contribution in [0.5, 0.6) is 0 Å². The number of hydrogen-bond donors (Lipinski definition) is 0. The van der Waals surface area contributed by atoms with E-state index in [9.17, 15) is 4.79 Å². The zero-order valence-corrected chi connectivity index (χ0v) is 17.5. The second kappa shape index (κ2) is 10.3. The Morgan fingerprint density at radius 1 is 1.04 bits per heavy atom. The van der Waals surface area contributed by atoms with Crippen molar-refractivity contribution in [2.24, 2.45) is 0 Å². The highest BCUT2D eigenvalue weighted by atomic mass is 32.2. The molecule has 28 heavy (non-hydrogen) atoms. The fraction of sp³-hybridized carbons (Fsp3) is 0.227. The second-order valence-electron chi connectivity index (χ2n) is 6.00. The first-order valence-corrected chi connectivity index (χ1v) is 11.0. The molecule has 0 aliphatic rings. The molecule has 0 aliphatic heterocycles. The first kappa shape index (κ1) is 20.4. The summed E-state index contributed by atoms with van der Waals surface area (Å²) < 4.78 is 5.12. The summed E-state index contributed by atoms with van der Waals surface area (Å²) in [7, 11) is 0. The summed E-state index contributed by atoms with van der Waals surface area (Å²) in [6, 6.07) is 22.1. The van der Waals surface area contributed by atoms with Crippen molar-refractivity contribution in [1.29, 1.82) is 0 Å². The molecule has 3 rings (SSSR count). The van der Waals surface area contributed by atoms with Gasteiger partial charge in [0.1, 0.15) is 10.3 Å². The summed E-state index contributed by atoms with van der Waals surface area (Å²) in [5, 5.41) is 0.450. The van der Waals surface area contributed by atoms with Gasteiger partial charge in [0, 0.05) is 16.2 Å². The minimum atomic E-state index is -0.326. The van der Waals surface area contributed by atoms with Gasteiger partial charge in [0.25, 0.3) is 0 Å². The lowest BCUT2D eigenvalue weighted by atomic mass is 10.2. The summed E-state index contributed by atoms with van der Waals surface area (Å²) in [4.78, 5) is 22.6. The zero-order chi connectivity index (χ0) is 19.8. The van der Waals surface area contributed by atoms with Gasteiger partial charge in [-0.05, 0) is 32.0 Å². The quantitative estimate of drug-likeness (QED) is 0.278. The highest BCUT2D eigenvalue weighted by Gasteiger charge is 2.18. The van der Waals surface area contributed by atoms with Crippen molar-refractivity contribution in [3.8, 4) is 11.4 Å². The Bertz CT molecular complexity index is 905. The molecular weight excluding hydrogens is 388 g/mol. The van der Waals surface area contributed by atoms with Crippen LogP contribution in [-0.4, -0.2) is 27.8 Å². The van der Waals surface area contributed by atoms with E-state index in [-0.39, 0.29) is 11.2 Å². The number of benzene rings is 2. The van der Waals surface area contributed by atoms with Gasteiger partial charge in [-0.1, -0.05) is 60.3 Å². The third kappa shape index (κ3) is 5.84. The molecule has 0 bridgehead atoms. The molecule has 4 nitrogen and oxygen atoms in total. The number of carbonyl (C=O) groups is 1. The van der Waals surface area contributed by atoms with Gasteiger partial charge in [-0.25, -0.2) is 9.97 Å². The fourth-order valence-corrected chi connectivity index (χ4v) is 4.17. The van der Waals surface area contributed by atoms with Crippen LogP contribution in [0.25, 0.3) is 11.4 Å². The predicted molar refractivity (Wildman–Crippen MR) is 115 cm³/mol. The number of thioether (sulfide) groups is 2. The van der Waals surface area contributed by atoms with Crippen LogP contribution >= 0.6 is 23.5 Å². The number of hydrogen-bond acceptors (Lipinski definition) is 6. The molecule has 0 aliphatic carbocycles. The molecule has 0 fully saturated rings. The number of ether oxygens (including phenoxy) is 1. The van der Waals surface area contributed by atoms with Crippen LogP contribution < -0.4 is 0 Å². The number of carbonyl (C=O) groups excluding carboxylic acids is 1. The summed E-state index contributed by atoms with van der Waals surface area (Å²) in [6.07, 6.45) is 0. The first-order chi connectivity index (χ1) is 13.7. The molecule has 2 aromatic carbocycles. The largest absolute Gasteiger partial charge is 0.465 e. The topological polar surface area (TPSA) is 52.1 Å². The Morgan fingerprint density at radius 3 is 2.39 bits per heavy atom. The van der Waals surface area contributed by atoms with Crippen LogP contribution in [0.3, 0.4) is 0 Å². The maximum atomic E-state index is 12.0. The number of rotatable bonds is 8. The zero-order valence-electron chi connectivity index (χ0n) is 15.9. The van der Waals surface area contributed by atoms with E-state index in [1.807, 2.05) is 68.4 Å². The third-order valence-corrected chi connectivity index (χ3v) is 5.88. The van der Waals surface area contributed by atoms with Gasteiger partial charge < -0.3 is 4.74 Å². The van der Waals surface area contributed by atoms with Crippen molar-refractivity contribution in [3.63, 3.8) is 0 Å². The highest BCUT2D eigenvalue weighted by Crippen LogP contribution is 2.28. The number of esters is 1. The third-order valence-electron chi connectivity index (χ3n) is 3.83. The van der Waals surface area contributed by atoms with E-state index in [0.717, 1.165) is 22.0 Å². The van der Waals surface area contributed by atoms with E-state index in [1.54, 1.807) is 11.8 Å². The van der Waals surface area contributed by atoms with Crippen LogP contribution in [0.4, 0.5) is 0 Å². The van der Waals surface area contributed by atoms with Crippen molar-refractivity contribution in [2.75, 3.05) is 6.61 Å². The van der Waals surface area contributed by atoms with Gasteiger partial charge in [-0.3, -0.25) is 4.79 Å². The molecule has 3 aromatic rings. The molecule has 0 saturated carbocycles. The minimum Gasteiger partial charge on any atom is -0.465 e. The Balaban J connectivity index is 1.84. The van der Waals surface area contributed by atoms with Crippen molar-refractivity contribution in [2.45, 2.75) is 34.8 Å². The summed E-state index contributed by atoms with van der Waals surface area (Å²) >= 11 is 3.13. The molecule has 0 unspecified atom stereocenters. The SMILES string of the molecule is CCOC(=O)[C@H](C)Sc1cc(CSc2ccccc2)nc(-c2ccccc2)n1. The summed E-state index contributed by atoms with van der Waals surface area (Å²) in [5.74, 6) is 1.17. The van der Waals surface area contributed by atoms with Gasteiger partial charge in [-0.2, -0.15) is 0 Å². The molecule has 0 N–H and O–H groups in total. The molecule has 0 radical (unpaired) electrons. The molecule has 0 amide bonds. The van der Waals surface area contributed by atoms with Crippen LogP contribution in [0.15, 0.2) is 76.7 Å². The smallest absolute Gasteiger partial charge is 0.319 e. The van der Waals surface area contributed by atoms with E-state index >= 15 is 0 Å². The van der Waals surface area contributed by atoms with Crippen molar-refractivity contribution in [1.82, 2.24) is 9.97 Å². The molecule has 0 spiro atoms. The molecular formula is C22H22N2O2S2. The van der Waals surface area contributed by atoms with Crippen molar-refractivity contribution in [3.05, 3.63) is 72.4 Å². The fourth-order valence-electron chi connectivity index (χ4n) is 2.49. The lowest BCUT2D eigenvalue weighted by molar-refractivity contribution is -0.142. The van der Waals surface area contributed by atoms with Crippen molar-refractivity contribution >= 4 is 29.5 Å². The van der Waals surface area contributed by atoms with E-state index in [2.05, 4.69) is 17.1 Å². The molecule has 1 heterocycles. The lowest BCUT2D eigenvalue weighted by Crippen LogP contribution is -2.17. The summed E-state index contributed by atoms with van der Waals surface area (Å²) in [6.45, 7) is 4.03. The lowest BCUT2D eigenvalue weighted by Gasteiger charge is -2.12. The van der Waals surface area contributed by atoms with Gasteiger partial charge in [0.05, 0.1) is 12.3 Å². The van der Waals surface area contributed by atoms with Crippen LogP contribution in [-0.2, 0) is 15.3 Å². The summed E-state index contributed by atoms with van der Waals surface area (Å²) in [5.41, 5.74) is 1.89. The predicted octanol–water partition coefficient (Wildman–Crippen LogP) is 5.48. The molecule has 6 heteroatoms. The maximum absolute atomic E-state index is 12.0. The van der Waals surface area contributed by atoms with Crippen LogP contribution in [0.1, 0.15) is 19.5 Å². The van der Waals surface area contributed by atoms with E-state index in [4.69, 9.17) is 9.72 Å². The van der Waals surface area contributed by atoms with Gasteiger partial charge >= 0.3 is 5.97 Å². The number of aromatic nitrogens is 2. The van der Waals surface area contributed by atoms with E-state index < -0.39 is 0 Å². The normalized spacial score (nSPS) is 11.8. The van der Waals surface area contributed by atoms with Crippen LogP contribution in [0, 0.1) is 0 Å². The Kier molecular flexibility index (Phi) is 7.51. The molecule has 144 valence electrons. The molecule has 1 atom stereocenters. The standard InChI is InChI=1S/C22H22N2O2S2/c1-3-26-22(25)16(2)28-20-14-18(15-27-19-12-8-5-9-13-19)23-21(24-20)17-10-6-4-7-11-17/h4-14,16H,3,15H2,1-2H3/t16-/m0/s1. The Morgan fingerprint density at radius 2 is 1.71 bits per heavy atom. The monoisotopic (exact) mass is 410 g/mol. The average Bonchev–Trinajstić information content (AvgIpc) is 2.73. The van der Waals surface area contributed by atoms with E-state index in [0.29, 0.717) is 12.4 Å². The molecule has 0 saturated heterocycles. The minimum absolute atomic E-state index is 0.229. The average molecular weight is 411 g/mol. The van der Waals surface area contributed by atoms with Crippen molar-refractivity contribution < 1.29 is 9.53 Å². The molecule has 1 aromatic heterocycles. The Hall–Kier alpha value is -2.31. The van der Waals surface area contributed by atoms with Gasteiger partial charge in [0.2, 0.25) is 0 Å². The van der Waals surface area contributed by atoms with Crippen LogP contribution in [0.2, 0.25) is 0 Å². The first-order valence-electron chi connectivity index (χ1n) is 9.10. The number of nitrogens with zero attached hydrogens (tertiary/aromatic N) is 2. The second-order valence-corrected chi connectivity index (χ2v) is 8.41. The van der Waals surface area contributed by atoms with E-state index in [1.165, 1.54) is 16.7 Å². The van der Waals surface area contributed by atoms with Gasteiger partial charge in [-0.15, -0.1) is 11.8 Å².